The first kappa shape index (κ1) is 12.4. The summed E-state index contributed by atoms with van der Waals surface area (Å²) in [4.78, 5) is 0. The van der Waals surface area contributed by atoms with Crippen LogP contribution in [0.2, 0.25) is 0 Å². The number of fused-ring (bicyclic) bond motifs is 1. The molecule has 17 heavy (non-hydrogen) atoms. The third-order valence-corrected chi connectivity index (χ3v) is 3.79. The van der Waals surface area contributed by atoms with E-state index < -0.39 is 0 Å². The number of thioether (sulfide) groups is 1. The van der Waals surface area contributed by atoms with Crippen molar-refractivity contribution >= 4 is 17.4 Å². The quantitative estimate of drug-likeness (QED) is 0.823. The Hall–Kier alpha value is -1.03. The first-order chi connectivity index (χ1) is 7.96. The maximum Gasteiger partial charge on any atom is 0.163 e. The minimum atomic E-state index is 0.236. The second-order valence-electron chi connectivity index (χ2n) is 5.10. The number of benzene rings is 1. The molecular formula is C13H19NO2S. The van der Waals surface area contributed by atoms with Gasteiger partial charge in [-0.1, -0.05) is 20.8 Å². The summed E-state index contributed by atoms with van der Waals surface area (Å²) in [5.41, 5.74) is 7.93. The van der Waals surface area contributed by atoms with Crippen molar-refractivity contribution in [3.05, 3.63) is 17.7 Å². The highest BCUT2D eigenvalue weighted by atomic mass is 32.2. The molecule has 4 heteroatoms. The highest BCUT2D eigenvalue weighted by molar-refractivity contribution is 7.99. The van der Waals surface area contributed by atoms with Gasteiger partial charge in [-0.15, -0.1) is 0 Å². The van der Waals surface area contributed by atoms with Crippen LogP contribution in [-0.2, 0) is 5.75 Å². The van der Waals surface area contributed by atoms with Crippen LogP contribution in [0.5, 0.6) is 11.5 Å². The first-order valence-corrected chi connectivity index (χ1v) is 6.76. The number of rotatable bonds is 2. The molecule has 0 atom stereocenters. The fourth-order valence-corrected chi connectivity index (χ4v) is 2.40. The first-order valence-electron chi connectivity index (χ1n) is 5.78. The van der Waals surface area contributed by atoms with Crippen molar-refractivity contribution in [3.8, 4) is 11.5 Å². The van der Waals surface area contributed by atoms with Gasteiger partial charge in [0.25, 0.3) is 0 Å². The number of ether oxygens (including phenoxy) is 2. The molecule has 0 aromatic heterocycles. The lowest BCUT2D eigenvalue weighted by Crippen LogP contribution is -2.16. The number of hydrogen-bond donors (Lipinski definition) is 1. The van der Waals surface area contributed by atoms with Crippen LogP contribution in [0.3, 0.4) is 0 Å². The van der Waals surface area contributed by atoms with E-state index in [2.05, 4.69) is 20.8 Å². The number of nitrogens with two attached hydrogens (primary N) is 1. The molecule has 0 unspecified atom stereocenters. The molecule has 3 nitrogen and oxygen atoms in total. The Morgan fingerprint density at radius 2 is 1.76 bits per heavy atom. The van der Waals surface area contributed by atoms with Gasteiger partial charge in [-0.2, -0.15) is 11.8 Å². The Bertz CT molecular complexity index is 413. The van der Waals surface area contributed by atoms with Crippen LogP contribution >= 0.6 is 11.8 Å². The van der Waals surface area contributed by atoms with Crippen LogP contribution < -0.4 is 15.2 Å². The van der Waals surface area contributed by atoms with Gasteiger partial charge in [-0.25, -0.2) is 0 Å². The molecule has 2 rings (SSSR count). The zero-order chi connectivity index (χ0) is 12.5. The summed E-state index contributed by atoms with van der Waals surface area (Å²) in [5, 5.41) is 0. The van der Waals surface area contributed by atoms with E-state index in [1.807, 2.05) is 23.9 Å². The molecule has 94 valence electrons. The van der Waals surface area contributed by atoms with Gasteiger partial charge < -0.3 is 15.2 Å². The van der Waals surface area contributed by atoms with Gasteiger partial charge in [0, 0.05) is 22.3 Å². The van der Waals surface area contributed by atoms with Crippen molar-refractivity contribution in [2.75, 3.05) is 18.9 Å². The SMILES string of the molecule is CC(C)(C)SCc1cc2c(cc1N)OCCO2. The maximum atomic E-state index is 6.03. The molecule has 1 aliphatic heterocycles. The number of hydrogen-bond acceptors (Lipinski definition) is 4. The monoisotopic (exact) mass is 253 g/mol. The van der Waals surface area contributed by atoms with Gasteiger partial charge in [0.05, 0.1) is 0 Å². The molecule has 1 aromatic carbocycles. The van der Waals surface area contributed by atoms with Gasteiger partial charge in [0.15, 0.2) is 11.5 Å². The third-order valence-electron chi connectivity index (χ3n) is 2.46. The minimum absolute atomic E-state index is 0.236. The Labute approximate surface area is 107 Å². The number of nitrogen functional groups attached to an aromatic ring is 1. The lowest BCUT2D eigenvalue weighted by atomic mass is 10.1. The normalized spacial score (nSPS) is 14.8. The zero-order valence-corrected chi connectivity index (χ0v) is 11.4. The van der Waals surface area contributed by atoms with Gasteiger partial charge in [-0.3, -0.25) is 0 Å². The van der Waals surface area contributed by atoms with Gasteiger partial charge in [0.2, 0.25) is 0 Å². The van der Waals surface area contributed by atoms with Crippen LogP contribution in [0.25, 0.3) is 0 Å². The lowest BCUT2D eigenvalue weighted by molar-refractivity contribution is 0.171. The summed E-state index contributed by atoms with van der Waals surface area (Å²) >= 11 is 1.88. The Morgan fingerprint density at radius 3 is 2.35 bits per heavy atom. The molecule has 0 fully saturated rings. The second-order valence-corrected chi connectivity index (χ2v) is 6.90. The zero-order valence-electron chi connectivity index (χ0n) is 10.6. The summed E-state index contributed by atoms with van der Waals surface area (Å²) in [5.74, 6) is 2.47. The van der Waals surface area contributed by atoms with Gasteiger partial charge in [-0.05, 0) is 11.6 Å². The average Bonchev–Trinajstić information content (AvgIpc) is 2.25. The highest BCUT2D eigenvalue weighted by Crippen LogP contribution is 2.37. The average molecular weight is 253 g/mol. The van der Waals surface area contributed by atoms with Crippen LogP contribution in [0.4, 0.5) is 5.69 Å². The predicted molar refractivity (Wildman–Crippen MR) is 72.9 cm³/mol. The van der Waals surface area contributed by atoms with E-state index in [-0.39, 0.29) is 4.75 Å². The molecule has 2 N–H and O–H groups in total. The smallest absolute Gasteiger partial charge is 0.163 e. The highest BCUT2D eigenvalue weighted by Gasteiger charge is 2.16. The molecular weight excluding hydrogens is 234 g/mol. The van der Waals surface area contributed by atoms with Crippen molar-refractivity contribution < 1.29 is 9.47 Å². The molecule has 0 amide bonds. The molecule has 1 heterocycles. The van der Waals surface area contributed by atoms with Crippen molar-refractivity contribution in [2.24, 2.45) is 0 Å². The number of anilines is 1. The molecule has 0 aliphatic carbocycles. The van der Waals surface area contributed by atoms with E-state index in [1.54, 1.807) is 0 Å². The van der Waals surface area contributed by atoms with E-state index in [9.17, 15) is 0 Å². The van der Waals surface area contributed by atoms with Crippen molar-refractivity contribution in [1.29, 1.82) is 0 Å². The van der Waals surface area contributed by atoms with Crippen LogP contribution in [0.15, 0.2) is 12.1 Å². The molecule has 0 saturated carbocycles. The fourth-order valence-electron chi connectivity index (χ4n) is 1.57. The summed E-state index contributed by atoms with van der Waals surface area (Å²) in [6.45, 7) is 7.81. The third kappa shape index (κ3) is 3.22. The maximum absolute atomic E-state index is 6.03. The standard InChI is InChI=1S/C13H19NO2S/c1-13(2,3)17-8-9-6-11-12(7-10(9)14)16-5-4-15-11/h6-7H,4-5,8,14H2,1-3H3. The lowest BCUT2D eigenvalue weighted by Gasteiger charge is -2.22. The Morgan fingerprint density at radius 1 is 1.18 bits per heavy atom. The van der Waals surface area contributed by atoms with Gasteiger partial charge in [0.1, 0.15) is 13.2 Å². The van der Waals surface area contributed by atoms with E-state index in [0.717, 1.165) is 28.5 Å². The molecule has 1 aromatic rings. The summed E-state index contributed by atoms with van der Waals surface area (Å²) < 4.78 is 11.3. The molecule has 0 spiro atoms. The molecule has 0 radical (unpaired) electrons. The van der Waals surface area contributed by atoms with E-state index in [0.29, 0.717) is 13.2 Å². The van der Waals surface area contributed by atoms with Crippen LogP contribution in [0, 0.1) is 0 Å². The van der Waals surface area contributed by atoms with Crippen molar-refractivity contribution in [3.63, 3.8) is 0 Å². The second kappa shape index (κ2) is 4.69. The molecule has 1 aliphatic rings. The largest absolute Gasteiger partial charge is 0.486 e. The van der Waals surface area contributed by atoms with E-state index >= 15 is 0 Å². The van der Waals surface area contributed by atoms with Gasteiger partial charge >= 0.3 is 0 Å². The Balaban J connectivity index is 2.17. The fraction of sp³-hybridized carbons (Fsp3) is 0.538. The molecule has 0 bridgehead atoms. The van der Waals surface area contributed by atoms with Crippen molar-refractivity contribution in [1.82, 2.24) is 0 Å². The summed E-state index contributed by atoms with van der Waals surface area (Å²) in [6.07, 6.45) is 0. The molecule has 0 saturated heterocycles. The predicted octanol–water partition coefficient (Wildman–Crippen LogP) is 3.07. The van der Waals surface area contributed by atoms with Crippen LogP contribution in [0.1, 0.15) is 26.3 Å². The Kier molecular flexibility index (Phi) is 3.43. The topological polar surface area (TPSA) is 44.5 Å². The minimum Gasteiger partial charge on any atom is -0.486 e. The van der Waals surface area contributed by atoms with E-state index in [4.69, 9.17) is 15.2 Å². The summed E-state index contributed by atoms with van der Waals surface area (Å²) in [7, 11) is 0. The van der Waals surface area contributed by atoms with Crippen molar-refractivity contribution in [2.45, 2.75) is 31.3 Å². The van der Waals surface area contributed by atoms with Crippen LogP contribution in [-0.4, -0.2) is 18.0 Å². The van der Waals surface area contributed by atoms with E-state index in [1.165, 1.54) is 0 Å². The summed E-state index contributed by atoms with van der Waals surface area (Å²) in [6, 6.07) is 3.87.